The fraction of sp³-hybridized carbons (Fsp3) is 0.214. The van der Waals surface area contributed by atoms with Crippen LogP contribution in [0.15, 0.2) is 41.2 Å². The molecular weight excluding hydrogens is 228 g/mol. The van der Waals surface area contributed by atoms with E-state index in [1.165, 1.54) is 6.07 Å². The molecule has 2 N–H and O–H groups in total. The highest BCUT2D eigenvalue weighted by Gasteiger charge is 2.09. The van der Waals surface area contributed by atoms with E-state index >= 15 is 0 Å². The molecule has 1 aliphatic rings. The maximum absolute atomic E-state index is 11.3. The number of rotatable bonds is 1. The number of aromatic amines is 1. The number of aromatic nitrogens is 1. The third kappa shape index (κ3) is 2.15. The molecule has 0 saturated heterocycles. The van der Waals surface area contributed by atoms with E-state index in [9.17, 15) is 4.79 Å². The van der Waals surface area contributed by atoms with Crippen molar-refractivity contribution in [2.75, 3.05) is 13.2 Å². The SMILES string of the molecule is O=c1cccc(-c2ccc3c(c2)OCCNC3)[nH]1. The van der Waals surface area contributed by atoms with Crippen LogP contribution in [0.5, 0.6) is 5.75 Å². The van der Waals surface area contributed by atoms with E-state index in [-0.39, 0.29) is 5.56 Å². The molecule has 4 heteroatoms. The van der Waals surface area contributed by atoms with Crippen molar-refractivity contribution in [3.63, 3.8) is 0 Å². The van der Waals surface area contributed by atoms with E-state index in [1.807, 2.05) is 24.3 Å². The average molecular weight is 242 g/mol. The van der Waals surface area contributed by atoms with Crippen LogP contribution in [0.3, 0.4) is 0 Å². The van der Waals surface area contributed by atoms with Crippen LogP contribution in [-0.2, 0) is 6.54 Å². The predicted octanol–water partition coefficient (Wildman–Crippen LogP) is 1.52. The first-order chi connectivity index (χ1) is 8.83. The van der Waals surface area contributed by atoms with E-state index in [1.54, 1.807) is 6.07 Å². The fourth-order valence-corrected chi connectivity index (χ4v) is 2.07. The highest BCUT2D eigenvalue weighted by Crippen LogP contribution is 2.26. The van der Waals surface area contributed by atoms with Crippen LogP contribution in [0.4, 0.5) is 0 Å². The molecule has 1 aliphatic heterocycles. The van der Waals surface area contributed by atoms with Crippen LogP contribution in [-0.4, -0.2) is 18.1 Å². The van der Waals surface area contributed by atoms with E-state index in [2.05, 4.69) is 10.3 Å². The third-order valence-electron chi connectivity index (χ3n) is 3.00. The minimum atomic E-state index is -0.0926. The minimum absolute atomic E-state index is 0.0926. The van der Waals surface area contributed by atoms with Crippen LogP contribution < -0.4 is 15.6 Å². The van der Waals surface area contributed by atoms with Crippen molar-refractivity contribution in [2.24, 2.45) is 0 Å². The summed E-state index contributed by atoms with van der Waals surface area (Å²) in [5, 5.41) is 3.29. The maximum atomic E-state index is 11.3. The summed E-state index contributed by atoms with van der Waals surface area (Å²) in [5.41, 5.74) is 2.83. The van der Waals surface area contributed by atoms with Gasteiger partial charge in [-0.2, -0.15) is 0 Å². The largest absolute Gasteiger partial charge is 0.492 e. The number of pyridine rings is 1. The number of ether oxygens (including phenoxy) is 1. The lowest BCUT2D eigenvalue weighted by Crippen LogP contribution is -2.16. The molecule has 0 amide bonds. The molecule has 2 heterocycles. The average Bonchev–Trinajstić information content (AvgIpc) is 2.63. The molecule has 1 aromatic heterocycles. The number of hydrogen-bond acceptors (Lipinski definition) is 3. The van der Waals surface area contributed by atoms with Crippen LogP contribution in [0.2, 0.25) is 0 Å². The van der Waals surface area contributed by atoms with Crippen molar-refractivity contribution in [2.45, 2.75) is 6.54 Å². The Morgan fingerprint density at radius 3 is 3.00 bits per heavy atom. The minimum Gasteiger partial charge on any atom is -0.492 e. The zero-order chi connectivity index (χ0) is 12.4. The van der Waals surface area contributed by atoms with Gasteiger partial charge in [0.15, 0.2) is 0 Å². The van der Waals surface area contributed by atoms with E-state index in [4.69, 9.17) is 4.74 Å². The van der Waals surface area contributed by atoms with Gasteiger partial charge < -0.3 is 15.0 Å². The maximum Gasteiger partial charge on any atom is 0.248 e. The molecule has 0 saturated carbocycles. The molecule has 0 radical (unpaired) electrons. The first kappa shape index (κ1) is 11.0. The molecule has 3 rings (SSSR count). The van der Waals surface area contributed by atoms with Gasteiger partial charge in [-0.1, -0.05) is 18.2 Å². The number of fused-ring (bicyclic) bond motifs is 1. The lowest BCUT2D eigenvalue weighted by molar-refractivity contribution is 0.326. The van der Waals surface area contributed by atoms with Crippen molar-refractivity contribution in [1.29, 1.82) is 0 Å². The summed E-state index contributed by atoms with van der Waals surface area (Å²) in [6.07, 6.45) is 0. The van der Waals surface area contributed by atoms with Gasteiger partial charge in [0, 0.05) is 36.0 Å². The standard InChI is InChI=1S/C14H14N2O2/c17-14-3-1-2-12(16-14)10-4-5-11-9-15-6-7-18-13(11)8-10/h1-5,8,15H,6-7,9H2,(H,16,17). The molecule has 2 aromatic rings. The Morgan fingerprint density at radius 1 is 1.17 bits per heavy atom. The molecule has 0 atom stereocenters. The number of benzene rings is 1. The van der Waals surface area contributed by atoms with Gasteiger partial charge >= 0.3 is 0 Å². The normalized spacial score (nSPS) is 14.4. The summed E-state index contributed by atoms with van der Waals surface area (Å²) in [7, 11) is 0. The van der Waals surface area contributed by atoms with Crippen molar-refractivity contribution >= 4 is 0 Å². The summed E-state index contributed by atoms with van der Waals surface area (Å²) in [6.45, 7) is 2.34. The van der Waals surface area contributed by atoms with Crippen LogP contribution in [0, 0.1) is 0 Å². The summed E-state index contributed by atoms with van der Waals surface area (Å²) >= 11 is 0. The monoisotopic (exact) mass is 242 g/mol. The molecular formula is C14H14N2O2. The highest BCUT2D eigenvalue weighted by atomic mass is 16.5. The third-order valence-corrected chi connectivity index (χ3v) is 3.00. The van der Waals surface area contributed by atoms with Gasteiger partial charge in [0.2, 0.25) is 5.56 Å². The number of H-pyrrole nitrogens is 1. The van der Waals surface area contributed by atoms with Crippen LogP contribution >= 0.6 is 0 Å². The second-order valence-corrected chi connectivity index (χ2v) is 4.28. The van der Waals surface area contributed by atoms with Crippen molar-refractivity contribution in [1.82, 2.24) is 10.3 Å². The second kappa shape index (κ2) is 4.66. The van der Waals surface area contributed by atoms with E-state index in [0.717, 1.165) is 35.7 Å². The lowest BCUT2D eigenvalue weighted by atomic mass is 10.1. The first-order valence-corrected chi connectivity index (χ1v) is 5.99. The van der Waals surface area contributed by atoms with Crippen molar-refractivity contribution in [3.8, 4) is 17.0 Å². The molecule has 1 aromatic carbocycles. The van der Waals surface area contributed by atoms with E-state index < -0.39 is 0 Å². The Hall–Kier alpha value is -2.07. The zero-order valence-corrected chi connectivity index (χ0v) is 9.90. The second-order valence-electron chi connectivity index (χ2n) is 4.28. The Morgan fingerprint density at radius 2 is 2.11 bits per heavy atom. The predicted molar refractivity (Wildman–Crippen MR) is 69.7 cm³/mol. The summed E-state index contributed by atoms with van der Waals surface area (Å²) < 4.78 is 5.69. The van der Waals surface area contributed by atoms with Crippen LogP contribution in [0.1, 0.15) is 5.56 Å². The lowest BCUT2D eigenvalue weighted by Gasteiger charge is -2.09. The number of hydrogen-bond donors (Lipinski definition) is 2. The Kier molecular flexibility index (Phi) is 2.86. The van der Waals surface area contributed by atoms with Gasteiger partial charge in [0.25, 0.3) is 0 Å². The number of nitrogens with one attached hydrogen (secondary N) is 2. The molecule has 0 aliphatic carbocycles. The van der Waals surface area contributed by atoms with Gasteiger partial charge in [-0.05, 0) is 12.1 Å². The van der Waals surface area contributed by atoms with Crippen LogP contribution in [0.25, 0.3) is 11.3 Å². The van der Waals surface area contributed by atoms with Gasteiger partial charge in [-0.3, -0.25) is 4.79 Å². The molecule has 4 nitrogen and oxygen atoms in total. The van der Waals surface area contributed by atoms with Gasteiger partial charge in [0.1, 0.15) is 12.4 Å². The summed E-state index contributed by atoms with van der Waals surface area (Å²) in [5.74, 6) is 0.891. The van der Waals surface area contributed by atoms with Crippen molar-refractivity contribution < 1.29 is 4.74 Å². The Labute approximate surface area is 105 Å². The molecule has 0 spiro atoms. The first-order valence-electron chi connectivity index (χ1n) is 5.99. The fourth-order valence-electron chi connectivity index (χ4n) is 2.07. The Bertz CT molecular complexity index is 619. The molecule has 0 bridgehead atoms. The highest BCUT2D eigenvalue weighted by molar-refractivity contribution is 5.62. The molecule has 0 unspecified atom stereocenters. The molecule has 0 fully saturated rings. The molecule has 18 heavy (non-hydrogen) atoms. The molecule has 92 valence electrons. The van der Waals surface area contributed by atoms with Gasteiger partial charge in [-0.25, -0.2) is 0 Å². The quantitative estimate of drug-likeness (QED) is 0.797. The van der Waals surface area contributed by atoms with Gasteiger partial charge in [-0.15, -0.1) is 0 Å². The smallest absolute Gasteiger partial charge is 0.248 e. The van der Waals surface area contributed by atoms with Gasteiger partial charge in [0.05, 0.1) is 0 Å². The zero-order valence-electron chi connectivity index (χ0n) is 9.90. The summed E-state index contributed by atoms with van der Waals surface area (Å²) in [4.78, 5) is 14.1. The Balaban J connectivity index is 2.04. The topological polar surface area (TPSA) is 54.1 Å². The summed E-state index contributed by atoms with van der Waals surface area (Å²) in [6, 6.07) is 11.2. The van der Waals surface area contributed by atoms with E-state index in [0.29, 0.717) is 6.61 Å². The van der Waals surface area contributed by atoms with Crippen molar-refractivity contribution in [3.05, 3.63) is 52.3 Å².